The van der Waals surface area contributed by atoms with Gasteiger partial charge < -0.3 is 4.74 Å². The number of hydrogen-bond acceptors (Lipinski definition) is 2. The fourth-order valence-corrected chi connectivity index (χ4v) is 2.71. The van der Waals surface area contributed by atoms with Crippen molar-refractivity contribution in [3.8, 4) is 5.75 Å². The third-order valence-corrected chi connectivity index (χ3v) is 3.92. The van der Waals surface area contributed by atoms with Crippen LogP contribution in [0, 0.1) is 0 Å². The molecule has 2 nitrogen and oxygen atoms in total. The van der Waals surface area contributed by atoms with Crippen LogP contribution in [0.15, 0.2) is 91.0 Å². The minimum absolute atomic E-state index is 0.684. The van der Waals surface area contributed by atoms with E-state index in [1.165, 1.54) is 11.1 Å². The van der Waals surface area contributed by atoms with Crippen molar-refractivity contribution in [1.82, 2.24) is 4.90 Å². The van der Waals surface area contributed by atoms with Crippen molar-refractivity contribution >= 4 is 0 Å². The molecule has 0 unspecified atom stereocenters. The number of hydrogen-bond donors (Lipinski definition) is 0. The van der Waals surface area contributed by atoms with Crippen LogP contribution < -0.4 is 4.74 Å². The molecule has 0 aliphatic rings. The van der Waals surface area contributed by atoms with Gasteiger partial charge in [0.1, 0.15) is 12.4 Å². The Morgan fingerprint density at radius 1 is 0.583 bits per heavy atom. The Hall–Kier alpha value is -2.58. The summed E-state index contributed by atoms with van der Waals surface area (Å²) >= 11 is 0. The second-order valence-electron chi connectivity index (χ2n) is 5.84. The zero-order valence-electron chi connectivity index (χ0n) is 13.8. The Balaban J connectivity index is 1.60. The summed E-state index contributed by atoms with van der Waals surface area (Å²) in [6.07, 6.45) is 0. The number of nitrogens with zero attached hydrogens (tertiary/aromatic N) is 1. The van der Waals surface area contributed by atoms with Crippen LogP contribution in [0.5, 0.6) is 5.75 Å². The van der Waals surface area contributed by atoms with Crippen LogP contribution in [0.25, 0.3) is 0 Å². The van der Waals surface area contributed by atoms with Crippen LogP contribution >= 0.6 is 0 Å². The highest BCUT2D eigenvalue weighted by molar-refractivity contribution is 5.21. The quantitative estimate of drug-likeness (QED) is 0.593. The van der Waals surface area contributed by atoms with Gasteiger partial charge in [-0.05, 0) is 23.3 Å². The first-order chi connectivity index (χ1) is 11.9. The Labute approximate surface area is 144 Å². The molecular weight excluding hydrogens is 294 g/mol. The maximum Gasteiger partial charge on any atom is 0.119 e. The summed E-state index contributed by atoms with van der Waals surface area (Å²) in [5, 5.41) is 0. The van der Waals surface area contributed by atoms with E-state index < -0.39 is 0 Å². The first kappa shape index (κ1) is 16.3. The predicted octanol–water partition coefficient (Wildman–Crippen LogP) is 4.77. The molecule has 0 heterocycles. The van der Waals surface area contributed by atoms with E-state index in [4.69, 9.17) is 4.74 Å². The summed E-state index contributed by atoms with van der Waals surface area (Å²) in [4.78, 5) is 2.42. The normalized spacial score (nSPS) is 10.7. The summed E-state index contributed by atoms with van der Waals surface area (Å²) in [5.41, 5.74) is 2.65. The molecule has 0 amide bonds. The molecule has 0 bridgehead atoms. The van der Waals surface area contributed by atoms with Crippen molar-refractivity contribution in [3.63, 3.8) is 0 Å². The van der Waals surface area contributed by atoms with Crippen LogP contribution in [-0.4, -0.2) is 18.1 Å². The molecule has 0 radical (unpaired) electrons. The van der Waals surface area contributed by atoms with Crippen LogP contribution in [0.4, 0.5) is 0 Å². The molecule has 0 aromatic heterocycles. The van der Waals surface area contributed by atoms with Gasteiger partial charge in [-0.1, -0.05) is 78.9 Å². The van der Waals surface area contributed by atoms with Gasteiger partial charge in [0.05, 0.1) is 0 Å². The number of ether oxygens (including phenoxy) is 1. The number of para-hydroxylation sites is 1. The Morgan fingerprint density at radius 3 is 1.54 bits per heavy atom. The molecule has 0 atom stereocenters. The third-order valence-electron chi connectivity index (χ3n) is 3.92. The van der Waals surface area contributed by atoms with E-state index >= 15 is 0 Å². The summed E-state index contributed by atoms with van der Waals surface area (Å²) in [6.45, 7) is 3.42. The lowest BCUT2D eigenvalue weighted by Crippen LogP contribution is -2.27. The van der Waals surface area contributed by atoms with E-state index in [-0.39, 0.29) is 0 Å². The third kappa shape index (κ3) is 5.25. The molecule has 0 fully saturated rings. The minimum atomic E-state index is 0.684. The van der Waals surface area contributed by atoms with Gasteiger partial charge in [-0.3, -0.25) is 4.90 Å². The standard InChI is InChI=1S/C22H23NO/c1-4-10-20(11-5-1)18-23(19-21-12-6-2-7-13-21)16-17-24-22-14-8-3-9-15-22/h1-15H,16-19H2. The molecule has 24 heavy (non-hydrogen) atoms. The van der Waals surface area contributed by atoms with Gasteiger partial charge in [-0.25, -0.2) is 0 Å². The zero-order valence-corrected chi connectivity index (χ0v) is 13.8. The van der Waals surface area contributed by atoms with E-state index in [1.54, 1.807) is 0 Å². The second-order valence-corrected chi connectivity index (χ2v) is 5.84. The summed E-state index contributed by atoms with van der Waals surface area (Å²) in [5.74, 6) is 0.928. The SMILES string of the molecule is c1ccc(CN(CCOc2ccccc2)Cc2ccccc2)cc1. The zero-order chi connectivity index (χ0) is 16.5. The van der Waals surface area contributed by atoms with Crippen LogP contribution in [0.3, 0.4) is 0 Å². The topological polar surface area (TPSA) is 12.5 Å². The highest BCUT2D eigenvalue weighted by atomic mass is 16.5. The van der Waals surface area contributed by atoms with Gasteiger partial charge in [-0.2, -0.15) is 0 Å². The van der Waals surface area contributed by atoms with E-state index in [0.29, 0.717) is 6.61 Å². The first-order valence-electron chi connectivity index (χ1n) is 8.38. The lowest BCUT2D eigenvalue weighted by molar-refractivity contribution is 0.196. The lowest BCUT2D eigenvalue weighted by atomic mass is 10.1. The minimum Gasteiger partial charge on any atom is -0.492 e. The molecule has 0 saturated carbocycles. The largest absolute Gasteiger partial charge is 0.492 e. The van der Waals surface area contributed by atoms with Gasteiger partial charge in [-0.15, -0.1) is 0 Å². The van der Waals surface area contributed by atoms with Crippen molar-refractivity contribution in [2.24, 2.45) is 0 Å². The maximum atomic E-state index is 5.87. The van der Waals surface area contributed by atoms with Crippen molar-refractivity contribution in [1.29, 1.82) is 0 Å². The molecule has 0 aliphatic heterocycles. The molecule has 122 valence electrons. The molecule has 2 heteroatoms. The predicted molar refractivity (Wildman–Crippen MR) is 98.9 cm³/mol. The highest BCUT2D eigenvalue weighted by Crippen LogP contribution is 2.12. The molecule has 3 rings (SSSR count). The van der Waals surface area contributed by atoms with E-state index in [1.807, 2.05) is 30.3 Å². The van der Waals surface area contributed by atoms with E-state index in [9.17, 15) is 0 Å². The molecule has 0 aliphatic carbocycles. The maximum absolute atomic E-state index is 5.87. The number of rotatable bonds is 8. The van der Waals surface area contributed by atoms with Crippen molar-refractivity contribution in [3.05, 3.63) is 102 Å². The second kappa shape index (κ2) is 8.90. The van der Waals surface area contributed by atoms with Crippen molar-refractivity contribution in [2.45, 2.75) is 13.1 Å². The van der Waals surface area contributed by atoms with Gasteiger partial charge in [0.25, 0.3) is 0 Å². The van der Waals surface area contributed by atoms with Crippen molar-refractivity contribution in [2.75, 3.05) is 13.2 Å². The molecule has 0 spiro atoms. The van der Waals surface area contributed by atoms with Crippen LogP contribution in [0.2, 0.25) is 0 Å². The first-order valence-corrected chi connectivity index (χ1v) is 8.38. The summed E-state index contributed by atoms with van der Waals surface area (Å²) in [7, 11) is 0. The highest BCUT2D eigenvalue weighted by Gasteiger charge is 2.07. The van der Waals surface area contributed by atoms with Gasteiger partial charge in [0.15, 0.2) is 0 Å². The lowest BCUT2D eigenvalue weighted by Gasteiger charge is -2.22. The van der Waals surface area contributed by atoms with Gasteiger partial charge in [0.2, 0.25) is 0 Å². The van der Waals surface area contributed by atoms with Gasteiger partial charge >= 0.3 is 0 Å². The van der Waals surface area contributed by atoms with E-state index in [0.717, 1.165) is 25.4 Å². The smallest absolute Gasteiger partial charge is 0.119 e. The molecule has 0 N–H and O–H groups in total. The molecule has 3 aromatic carbocycles. The summed E-state index contributed by atoms with van der Waals surface area (Å²) in [6, 6.07) is 31.2. The monoisotopic (exact) mass is 317 g/mol. The van der Waals surface area contributed by atoms with Gasteiger partial charge in [0, 0.05) is 19.6 Å². The fourth-order valence-electron chi connectivity index (χ4n) is 2.71. The van der Waals surface area contributed by atoms with E-state index in [2.05, 4.69) is 65.6 Å². The van der Waals surface area contributed by atoms with Crippen LogP contribution in [-0.2, 0) is 13.1 Å². The molecule has 0 saturated heterocycles. The average Bonchev–Trinajstić information content (AvgIpc) is 2.64. The van der Waals surface area contributed by atoms with Crippen LogP contribution in [0.1, 0.15) is 11.1 Å². The van der Waals surface area contributed by atoms with Crippen molar-refractivity contribution < 1.29 is 4.74 Å². The Morgan fingerprint density at radius 2 is 1.04 bits per heavy atom. The molecule has 3 aromatic rings. The summed E-state index contributed by atoms with van der Waals surface area (Å²) < 4.78 is 5.87. The number of benzene rings is 3. The molecular formula is C22H23NO. The fraction of sp³-hybridized carbons (Fsp3) is 0.182. The Bertz CT molecular complexity index is 656. The average molecular weight is 317 g/mol. The Kier molecular flexibility index (Phi) is 6.04.